The minimum Gasteiger partial charge on any atom is -0.391 e. The molecular formula is C14H19ClN2OS. The van der Waals surface area contributed by atoms with Gasteiger partial charge in [0.25, 0.3) is 0 Å². The van der Waals surface area contributed by atoms with Crippen LogP contribution in [0.25, 0.3) is 0 Å². The van der Waals surface area contributed by atoms with Crippen molar-refractivity contribution in [2.75, 3.05) is 11.9 Å². The molecule has 19 heavy (non-hydrogen) atoms. The summed E-state index contributed by atoms with van der Waals surface area (Å²) < 4.78 is 0. The number of anilines is 1. The molecule has 1 aromatic carbocycles. The first-order valence-electron chi connectivity index (χ1n) is 6.51. The molecule has 5 heteroatoms. The van der Waals surface area contributed by atoms with Crippen molar-refractivity contribution in [2.24, 2.45) is 5.73 Å². The number of nitrogens with zero attached hydrogens (tertiary/aromatic N) is 1. The Balaban J connectivity index is 2.32. The molecule has 0 radical (unpaired) electrons. The molecule has 2 unspecified atom stereocenters. The average Bonchev–Trinajstić information content (AvgIpc) is 2.38. The highest BCUT2D eigenvalue weighted by Crippen LogP contribution is 2.30. The number of benzene rings is 1. The van der Waals surface area contributed by atoms with Gasteiger partial charge in [0, 0.05) is 23.3 Å². The van der Waals surface area contributed by atoms with Gasteiger partial charge in [-0.3, -0.25) is 0 Å². The van der Waals surface area contributed by atoms with E-state index >= 15 is 0 Å². The van der Waals surface area contributed by atoms with Crippen LogP contribution >= 0.6 is 23.8 Å². The fourth-order valence-electron chi connectivity index (χ4n) is 2.74. The molecule has 0 saturated heterocycles. The first kappa shape index (κ1) is 14.6. The van der Waals surface area contributed by atoms with Gasteiger partial charge in [0.1, 0.15) is 4.99 Å². The maximum Gasteiger partial charge on any atom is 0.106 e. The maximum atomic E-state index is 10.2. The maximum absolute atomic E-state index is 10.2. The van der Waals surface area contributed by atoms with E-state index in [4.69, 9.17) is 29.6 Å². The van der Waals surface area contributed by atoms with Crippen LogP contribution in [0.15, 0.2) is 18.2 Å². The third kappa shape index (κ3) is 3.19. The fourth-order valence-corrected chi connectivity index (χ4v) is 3.07. The summed E-state index contributed by atoms with van der Waals surface area (Å²) in [6, 6.07) is 5.64. The van der Waals surface area contributed by atoms with E-state index in [1.54, 1.807) is 6.07 Å². The van der Waals surface area contributed by atoms with Crippen molar-refractivity contribution in [3.05, 3.63) is 28.8 Å². The minimum absolute atomic E-state index is 0.114. The Morgan fingerprint density at radius 3 is 2.74 bits per heavy atom. The zero-order chi connectivity index (χ0) is 14.0. The minimum atomic E-state index is -0.298. The lowest BCUT2D eigenvalue weighted by Crippen LogP contribution is -2.44. The molecule has 3 N–H and O–H groups in total. The van der Waals surface area contributed by atoms with Crippen molar-refractivity contribution in [1.29, 1.82) is 0 Å². The van der Waals surface area contributed by atoms with Crippen LogP contribution in [-0.4, -0.2) is 29.3 Å². The van der Waals surface area contributed by atoms with Crippen molar-refractivity contribution in [2.45, 2.75) is 37.8 Å². The van der Waals surface area contributed by atoms with Gasteiger partial charge in [-0.15, -0.1) is 0 Å². The summed E-state index contributed by atoms with van der Waals surface area (Å²) in [7, 11) is 1.98. The second kappa shape index (κ2) is 6.07. The molecular weight excluding hydrogens is 280 g/mol. The van der Waals surface area contributed by atoms with Crippen molar-refractivity contribution in [1.82, 2.24) is 0 Å². The molecule has 1 saturated carbocycles. The third-order valence-electron chi connectivity index (χ3n) is 3.80. The summed E-state index contributed by atoms with van der Waals surface area (Å²) in [6.45, 7) is 0. The summed E-state index contributed by atoms with van der Waals surface area (Å²) in [4.78, 5) is 2.41. The number of halogens is 1. The highest BCUT2D eigenvalue weighted by Gasteiger charge is 2.28. The van der Waals surface area contributed by atoms with Crippen molar-refractivity contribution >= 4 is 34.5 Å². The highest BCUT2D eigenvalue weighted by molar-refractivity contribution is 7.80. The number of hydrogen-bond donors (Lipinski definition) is 2. The van der Waals surface area contributed by atoms with E-state index < -0.39 is 0 Å². The number of thiocarbonyl (C=S) groups is 1. The van der Waals surface area contributed by atoms with E-state index in [-0.39, 0.29) is 12.1 Å². The van der Waals surface area contributed by atoms with Gasteiger partial charge in [-0.2, -0.15) is 0 Å². The van der Waals surface area contributed by atoms with Crippen molar-refractivity contribution < 1.29 is 5.11 Å². The molecule has 0 aromatic heterocycles. The van der Waals surface area contributed by atoms with Gasteiger partial charge in [-0.05, 0) is 31.0 Å². The van der Waals surface area contributed by atoms with Crippen LogP contribution in [0.3, 0.4) is 0 Å². The van der Waals surface area contributed by atoms with Gasteiger partial charge >= 0.3 is 0 Å². The zero-order valence-electron chi connectivity index (χ0n) is 11.0. The van der Waals surface area contributed by atoms with E-state index in [1.165, 1.54) is 0 Å². The summed E-state index contributed by atoms with van der Waals surface area (Å²) in [5.74, 6) is 0. The topological polar surface area (TPSA) is 49.5 Å². The lowest BCUT2D eigenvalue weighted by Gasteiger charge is -2.37. The van der Waals surface area contributed by atoms with Crippen molar-refractivity contribution in [3.8, 4) is 0 Å². The fraction of sp³-hybridized carbons (Fsp3) is 0.500. The molecule has 0 spiro atoms. The number of aliphatic hydroxyl groups is 1. The molecule has 0 aliphatic heterocycles. The first-order valence-corrected chi connectivity index (χ1v) is 7.29. The van der Waals surface area contributed by atoms with Gasteiger partial charge < -0.3 is 15.7 Å². The molecule has 1 aromatic rings. The Morgan fingerprint density at radius 1 is 1.42 bits per heavy atom. The van der Waals surface area contributed by atoms with E-state index in [9.17, 15) is 5.11 Å². The van der Waals surface area contributed by atoms with E-state index in [2.05, 4.69) is 4.90 Å². The number of rotatable bonds is 3. The number of hydrogen-bond acceptors (Lipinski definition) is 3. The molecule has 2 atom stereocenters. The predicted molar refractivity (Wildman–Crippen MR) is 84.0 cm³/mol. The smallest absolute Gasteiger partial charge is 0.106 e. The lowest BCUT2D eigenvalue weighted by atomic mass is 9.91. The van der Waals surface area contributed by atoms with Gasteiger partial charge in [-0.25, -0.2) is 0 Å². The second-order valence-electron chi connectivity index (χ2n) is 5.06. The van der Waals surface area contributed by atoms with Gasteiger partial charge in [0.05, 0.1) is 12.1 Å². The number of aliphatic hydroxyl groups excluding tert-OH is 1. The predicted octanol–water partition coefficient (Wildman–Crippen LogP) is 2.71. The Bertz CT molecular complexity index is 481. The largest absolute Gasteiger partial charge is 0.391 e. The molecule has 2 rings (SSSR count). The second-order valence-corrected chi connectivity index (χ2v) is 5.93. The summed E-state index contributed by atoms with van der Waals surface area (Å²) in [5, 5.41) is 10.8. The molecule has 3 nitrogen and oxygen atoms in total. The number of likely N-dealkylation sites (N-methyl/N-ethyl adjacent to an activating group) is 1. The molecule has 1 fully saturated rings. The zero-order valence-corrected chi connectivity index (χ0v) is 12.5. The highest BCUT2D eigenvalue weighted by atomic mass is 35.5. The van der Waals surface area contributed by atoms with Gasteiger partial charge in [0.2, 0.25) is 0 Å². The molecule has 0 bridgehead atoms. The molecule has 0 amide bonds. The van der Waals surface area contributed by atoms with E-state index in [0.29, 0.717) is 10.0 Å². The summed E-state index contributed by atoms with van der Waals surface area (Å²) >= 11 is 11.1. The van der Waals surface area contributed by atoms with Crippen molar-refractivity contribution in [3.63, 3.8) is 0 Å². The molecule has 1 aliphatic carbocycles. The Hall–Kier alpha value is -0.840. The van der Waals surface area contributed by atoms with Crippen LogP contribution in [0.4, 0.5) is 5.69 Å². The Labute approximate surface area is 124 Å². The SMILES string of the molecule is CN(c1ccc(Cl)cc1C(N)=S)C1CCCCC1O. The molecule has 1 aliphatic rings. The number of nitrogens with two attached hydrogens (primary N) is 1. The molecule has 104 valence electrons. The normalized spacial score (nSPS) is 23.1. The third-order valence-corrected chi connectivity index (χ3v) is 4.25. The summed E-state index contributed by atoms with van der Waals surface area (Å²) in [6.07, 6.45) is 3.77. The Kier molecular flexibility index (Phi) is 4.66. The van der Waals surface area contributed by atoms with Crippen LogP contribution in [0, 0.1) is 0 Å². The van der Waals surface area contributed by atoms with Gasteiger partial charge in [0.15, 0.2) is 0 Å². The first-order chi connectivity index (χ1) is 9.00. The van der Waals surface area contributed by atoms with Crippen LogP contribution in [0.1, 0.15) is 31.2 Å². The monoisotopic (exact) mass is 298 g/mol. The average molecular weight is 299 g/mol. The van der Waals surface area contributed by atoms with E-state index in [1.807, 2.05) is 19.2 Å². The van der Waals surface area contributed by atoms with Crippen LogP contribution in [0.5, 0.6) is 0 Å². The quantitative estimate of drug-likeness (QED) is 0.843. The van der Waals surface area contributed by atoms with Crippen LogP contribution < -0.4 is 10.6 Å². The summed E-state index contributed by atoms with van der Waals surface area (Å²) in [5.41, 5.74) is 7.47. The molecule has 0 heterocycles. The standard InChI is InChI=1S/C14H19ClN2OS/c1-17(12-4-2-3-5-13(12)18)11-7-6-9(15)8-10(11)14(16)19/h6-8,12-13,18H,2-5H2,1H3,(H2,16,19). The van der Waals surface area contributed by atoms with Gasteiger partial charge in [-0.1, -0.05) is 36.7 Å². The van der Waals surface area contributed by atoms with Crippen LogP contribution in [-0.2, 0) is 0 Å². The van der Waals surface area contributed by atoms with Crippen LogP contribution in [0.2, 0.25) is 5.02 Å². The lowest BCUT2D eigenvalue weighted by molar-refractivity contribution is 0.106. The van der Waals surface area contributed by atoms with E-state index in [0.717, 1.165) is 36.9 Å². The Morgan fingerprint density at radius 2 is 2.11 bits per heavy atom.